The fourth-order valence-electron chi connectivity index (χ4n) is 3.02. The molecule has 1 atom stereocenters. The summed E-state index contributed by atoms with van der Waals surface area (Å²) in [7, 11) is 1.56. The summed E-state index contributed by atoms with van der Waals surface area (Å²) in [6.07, 6.45) is 4.20. The fraction of sp³-hybridized carbons (Fsp3) is 0.412. The summed E-state index contributed by atoms with van der Waals surface area (Å²) < 4.78 is 5.22. The number of nitrogen functional groups attached to an aromatic ring is 1. The number of aliphatic hydroxyl groups excluding tert-OH is 1. The minimum absolute atomic E-state index is 0.0591. The highest BCUT2D eigenvalue weighted by atomic mass is 16.5. The number of methoxy groups -OCH3 is 1. The van der Waals surface area contributed by atoms with Gasteiger partial charge in [0.25, 0.3) is 5.91 Å². The Bertz CT molecular complexity index is 756. The molecule has 1 saturated carbocycles. The molecule has 2 aromatic heterocycles. The number of hydrogen-bond acceptors (Lipinski definition) is 7. The first-order valence-corrected chi connectivity index (χ1v) is 8.05. The quantitative estimate of drug-likeness (QED) is 0.740. The topological polar surface area (TPSA) is 123 Å². The van der Waals surface area contributed by atoms with Crippen molar-refractivity contribution in [1.82, 2.24) is 20.3 Å². The Morgan fingerprint density at radius 2 is 2.12 bits per heavy atom. The van der Waals surface area contributed by atoms with Gasteiger partial charge < -0.3 is 20.9 Å². The van der Waals surface area contributed by atoms with Crippen LogP contribution in [0.25, 0.3) is 0 Å². The highest BCUT2D eigenvalue weighted by Crippen LogP contribution is 2.38. The summed E-state index contributed by atoms with van der Waals surface area (Å²) in [5, 5.41) is 12.6. The molecule has 0 unspecified atom stereocenters. The average Bonchev–Trinajstić information content (AvgIpc) is 2.56. The van der Waals surface area contributed by atoms with Gasteiger partial charge in [0.05, 0.1) is 25.5 Å². The van der Waals surface area contributed by atoms with Crippen LogP contribution in [0.4, 0.5) is 5.95 Å². The lowest BCUT2D eigenvalue weighted by Crippen LogP contribution is -2.41. The van der Waals surface area contributed by atoms with Crippen molar-refractivity contribution in [2.45, 2.75) is 31.9 Å². The third kappa shape index (κ3) is 3.85. The fourth-order valence-corrected chi connectivity index (χ4v) is 3.02. The van der Waals surface area contributed by atoms with Gasteiger partial charge in [-0.3, -0.25) is 9.78 Å². The normalized spacial score (nSPS) is 20.4. The Morgan fingerprint density at radius 3 is 2.76 bits per heavy atom. The third-order valence-electron chi connectivity index (χ3n) is 4.34. The molecule has 8 heteroatoms. The van der Waals surface area contributed by atoms with Crippen molar-refractivity contribution in [2.24, 2.45) is 5.92 Å². The number of nitrogens with zero attached hydrogens (tertiary/aromatic N) is 3. The molecule has 2 aromatic rings. The average molecular weight is 343 g/mol. The molecule has 3 rings (SSSR count). The van der Waals surface area contributed by atoms with Crippen molar-refractivity contribution in [3.05, 3.63) is 41.5 Å². The van der Waals surface area contributed by atoms with E-state index >= 15 is 0 Å². The molecular weight excluding hydrogens is 322 g/mol. The van der Waals surface area contributed by atoms with Crippen LogP contribution >= 0.6 is 0 Å². The molecule has 0 aliphatic heterocycles. The number of amides is 1. The van der Waals surface area contributed by atoms with Crippen molar-refractivity contribution in [2.75, 3.05) is 12.8 Å². The highest BCUT2D eigenvalue weighted by molar-refractivity contribution is 5.92. The van der Waals surface area contributed by atoms with Crippen LogP contribution in [0.15, 0.2) is 24.5 Å². The molecule has 25 heavy (non-hydrogen) atoms. The number of aromatic nitrogens is 3. The second kappa shape index (κ2) is 7.02. The van der Waals surface area contributed by atoms with Gasteiger partial charge in [-0.05, 0) is 43.4 Å². The SMILES string of the molecule is COc1cncc([C@H](NC(=O)c2cc(C)nc(N)n2)C2CC(O)C2)c1. The van der Waals surface area contributed by atoms with Crippen LogP contribution in [0, 0.1) is 12.8 Å². The molecule has 1 aliphatic carbocycles. The number of pyridine rings is 1. The van der Waals surface area contributed by atoms with Crippen molar-refractivity contribution in [3.63, 3.8) is 0 Å². The molecule has 4 N–H and O–H groups in total. The zero-order valence-electron chi connectivity index (χ0n) is 14.1. The van der Waals surface area contributed by atoms with Crippen molar-refractivity contribution >= 4 is 11.9 Å². The predicted octanol–water partition coefficient (Wildman–Crippen LogP) is 1.01. The largest absolute Gasteiger partial charge is 0.495 e. The molecule has 0 aromatic carbocycles. The van der Waals surface area contributed by atoms with Crippen LogP contribution in [0.1, 0.15) is 40.6 Å². The number of aliphatic hydroxyl groups is 1. The lowest BCUT2D eigenvalue weighted by atomic mass is 9.75. The van der Waals surface area contributed by atoms with E-state index in [0.29, 0.717) is 24.3 Å². The molecule has 1 amide bonds. The van der Waals surface area contributed by atoms with Crippen LogP contribution in [0.5, 0.6) is 5.75 Å². The second-order valence-corrected chi connectivity index (χ2v) is 6.25. The predicted molar refractivity (Wildman–Crippen MR) is 90.9 cm³/mol. The molecule has 1 aliphatic rings. The monoisotopic (exact) mass is 343 g/mol. The third-order valence-corrected chi connectivity index (χ3v) is 4.34. The number of hydrogen-bond donors (Lipinski definition) is 3. The van der Waals surface area contributed by atoms with Crippen molar-refractivity contribution in [3.8, 4) is 5.75 Å². The van der Waals surface area contributed by atoms with Crippen LogP contribution in [0.2, 0.25) is 0 Å². The van der Waals surface area contributed by atoms with Crippen molar-refractivity contribution in [1.29, 1.82) is 0 Å². The van der Waals surface area contributed by atoms with Gasteiger partial charge in [0.15, 0.2) is 0 Å². The van der Waals surface area contributed by atoms with Gasteiger partial charge in [0.2, 0.25) is 5.95 Å². The van der Waals surface area contributed by atoms with Gasteiger partial charge in [-0.2, -0.15) is 0 Å². The van der Waals surface area contributed by atoms with Gasteiger partial charge in [0.1, 0.15) is 11.4 Å². The first-order chi connectivity index (χ1) is 12.0. The number of rotatable bonds is 5. The van der Waals surface area contributed by atoms with E-state index in [1.54, 1.807) is 32.5 Å². The standard InChI is InChI=1S/C17H21N5O3/c1-9-3-14(21-17(18)20-9)16(24)22-15(10-4-12(23)5-10)11-6-13(25-2)8-19-7-11/h3,6-8,10,12,15,23H,4-5H2,1-2H3,(H,22,24)(H2,18,20,21)/t10?,12?,15-/m1/s1. The number of ether oxygens (including phenoxy) is 1. The molecule has 8 nitrogen and oxygen atoms in total. The van der Waals surface area contributed by atoms with Crippen molar-refractivity contribution < 1.29 is 14.6 Å². The summed E-state index contributed by atoms with van der Waals surface area (Å²) in [4.78, 5) is 24.8. The number of nitrogens with two attached hydrogens (primary N) is 1. The maximum atomic E-state index is 12.6. The van der Waals surface area contributed by atoms with Gasteiger partial charge in [0, 0.05) is 11.9 Å². The first kappa shape index (κ1) is 17.1. The lowest BCUT2D eigenvalue weighted by Gasteiger charge is -2.38. The van der Waals surface area contributed by atoms with Crippen LogP contribution < -0.4 is 15.8 Å². The molecule has 0 bridgehead atoms. The highest BCUT2D eigenvalue weighted by Gasteiger charge is 2.36. The van der Waals surface area contributed by atoms with E-state index in [1.807, 2.05) is 6.07 Å². The maximum Gasteiger partial charge on any atom is 0.270 e. The molecule has 0 spiro atoms. The van der Waals surface area contributed by atoms with E-state index in [-0.39, 0.29) is 35.6 Å². The van der Waals surface area contributed by atoms with E-state index in [1.165, 1.54) is 0 Å². The Balaban J connectivity index is 1.85. The van der Waals surface area contributed by atoms with Crippen LogP contribution in [-0.2, 0) is 0 Å². The van der Waals surface area contributed by atoms with Crippen LogP contribution in [-0.4, -0.2) is 39.2 Å². The zero-order valence-corrected chi connectivity index (χ0v) is 14.1. The van der Waals surface area contributed by atoms with Gasteiger partial charge in [-0.1, -0.05) is 0 Å². The molecular formula is C17H21N5O3. The Kier molecular flexibility index (Phi) is 4.80. The summed E-state index contributed by atoms with van der Waals surface area (Å²) in [6.45, 7) is 1.75. The number of carbonyl (C=O) groups is 1. The first-order valence-electron chi connectivity index (χ1n) is 8.05. The summed E-state index contributed by atoms with van der Waals surface area (Å²) in [6, 6.07) is 3.12. The summed E-state index contributed by atoms with van der Waals surface area (Å²) in [5.74, 6) is 0.446. The number of anilines is 1. The Morgan fingerprint density at radius 1 is 1.36 bits per heavy atom. The summed E-state index contributed by atoms with van der Waals surface area (Å²) >= 11 is 0. The molecule has 0 saturated heterocycles. The van der Waals surface area contributed by atoms with E-state index in [9.17, 15) is 9.90 Å². The van der Waals surface area contributed by atoms with Gasteiger partial charge >= 0.3 is 0 Å². The van der Waals surface area contributed by atoms with Crippen LogP contribution in [0.3, 0.4) is 0 Å². The number of carbonyl (C=O) groups excluding carboxylic acids is 1. The molecule has 2 heterocycles. The van der Waals surface area contributed by atoms with E-state index in [0.717, 1.165) is 5.56 Å². The van der Waals surface area contributed by atoms with Gasteiger partial charge in [-0.15, -0.1) is 0 Å². The van der Waals surface area contributed by atoms with E-state index in [4.69, 9.17) is 10.5 Å². The van der Waals surface area contributed by atoms with Gasteiger partial charge in [-0.25, -0.2) is 9.97 Å². The molecule has 0 radical (unpaired) electrons. The maximum absolute atomic E-state index is 12.6. The smallest absolute Gasteiger partial charge is 0.270 e. The number of nitrogens with one attached hydrogen (secondary N) is 1. The zero-order chi connectivity index (χ0) is 18.0. The Labute approximate surface area is 145 Å². The number of aryl methyl sites for hydroxylation is 1. The minimum Gasteiger partial charge on any atom is -0.495 e. The van der Waals surface area contributed by atoms with E-state index in [2.05, 4.69) is 20.3 Å². The van der Waals surface area contributed by atoms with E-state index < -0.39 is 0 Å². The molecule has 132 valence electrons. The Hall–Kier alpha value is -2.74. The minimum atomic E-state index is -0.341. The lowest BCUT2D eigenvalue weighted by molar-refractivity contribution is 0.0234. The molecule has 1 fully saturated rings. The summed E-state index contributed by atoms with van der Waals surface area (Å²) in [5.41, 5.74) is 7.29. The second-order valence-electron chi connectivity index (χ2n) is 6.25.